The lowest BCUT2D eigenvalue weighted by molar-refractivity contribution is -0.140. The molecular weight excluding hydrogens is 458 g/mol. The summed E-state index contributed by atoms with van der Waals surface area (Å²) in [6.45, 7) is 0.927. The molecule has 0 aliphatic carbocycles. The van der Waals surface area contributed by atoms with E-state index in [0.717, 1.165) is 42.3 Å². The van der Waals surface area contributed by atoms with Crippen molar-refractivity contribution in [3.63, 3.8) is 0 Å². The number of carbonyl (C=O) groups excluding carboxylic acids is 1. The molecule has 0 radical (unpaired) electrons. The number of unbranched alkanes of at least 4 members (excludes halogenated alkanes) is 3. The molecule has 0 aliphatic rings. The quantitative estimate of drug-likeness (QED) is 0.247. The Morgan fingerprint density at radius 2 is 1.92 bits per heavy atom. The first-order valence-corrected chi connectivity index (χ1v) is 11.7. The van der Waals surface area contributed by atoms with Gasteiger partial charge in [-0.05, 0) is 31.0 Å². The van der Waals surface area contributed by atoms with E-state index in [-0.39, 0.29) is 11.9 Å². The highest BCUT2D eigenvalue weighted by Gasteiger charge is 2.15. The van der Waals surface area contributed by atoms with E-state index in [9.17, 15) is 10.1 Å². The highest BCUT2D eigenvalue weighted by atomic mass is 16.5. The van der Waals surface area contributed by atoms with Crippen LogP contribution in [0.5, 0.6) is 5.88 Å². The van der Waals surface area contributed by atoms with E-state index in [1.807, 2.05) is 24.3 Å². The maximum atomic E-state index is 11.1. The van der Waals surface area contributed by atoms with Gasteiger partial charge in [0.2, 0.25) is 11.8 Å². The van der Waals surface area contributed by atoms with Crippen molar-refractivity contribution >= 4 is 23.0 Å². The number of carbonyl (C=O) groups is 1. The smallest absolute Gasteiger partial charge is 0.305 e. The van der Waals surface area contributed by atoms with Gasteiger partial charge in [0.15, 0.2) is 5.65 Å². The maximum Gasteiger partial charge on any atom is 0.305 e. The molecule has 0 spiro atoms. The van der Waals surface area contributed by atoms with Crippen molar-refractivity contribution in [2.24, 2.45) is 0 Å². The van der Waals surface area contributed by atoms with Crippen molar-refractivity contribution in [1.29, 1.82) is 5.26 Å². The molecule has 10 heteroatoms. The molecule has 4 rings (SSSR count). The Bertz CT molecular complexity index is 1390. The summed E-state index contributed by atoms with van der Waals surface area (Å²) in [7, 11) is 1.41. The molecule has 0 saturated carbocycles. The highest BCUT2D eigenvalue weighted by Crippen LogP contribution is 2.27. The Hall–Kier alpha value is -4.52. The van der Waals surface area contributed by atoms with Gasteiger partial charge in [-0.2, -0.15) is 15.3 Å². The van der Waals surface area contributed by atoms with Crippen LogP contribution < -0.4 is 10.5 Å². The number of fused-ring (bicyclic) bond motifs is 1. The minimum atomic E-state index is -0.171. The van der Waals surface area contributed by atoms with Gasteiger partial charge in [-0.25, -0.2) is 14.6 Å². The normalized spacial score (nSPS) is 10.8. The topological polar surface area (TPSA) is 142 Å². The molecule has 0 atom stereocenters. The molecule has 3 heterocycles. The summed E-state index contributed by atoms with van der Waals surface area (Å²) >= 11 is 0. The van der Waals surface area contributed by atoms with Crippen molar-refractivity contribution in [2.45, 2.75) is 38.6 Å². The van der Waals surface area contributed by atoms with Crippen LogP contribution in [-0.4, -0.2) is 44.4 Å². The number of nitrogens with zero attached hydrogens (tertiary/aromatic N) is 6. The second-order valence-electron chi connectivity index (χ2n) is 8.22. The van der Waals surface area contributed by atoms with Crippen LogP contribution in [0.2, 0.25) is 0 Å². The lowest BCUT2D eigenvalue weighted by Gasteiger charge is -2.08. The Labute approximate surface area is 208 Å². The Morgan fingerprint density at radius 1 is 1.08 bits per heavy atom. The monoisotopic (exact) mass is 485 g/mol. The van der Waals surface area contributed by atoms with Gasteiger partial charge in [0.1, 0.15) is 0 Å². The zero-order valence-corrected chi connectivity index (χ0v) is 20.1. The Kier molecular flexibility index (Phi) is 8.03. The van der Waals surface area contributed by atoms with Crippen LogP contribution in [0.1, 0.15) is 43.4 Å². The number of nitrogens with two attached hydrogens (primary N) is 1. The number of anilines is 1. The first-order chi connectivity index (χ1) is 17.6. The number of methoxy groups -OCH3 is 1. The predicted molar refractivity (Wildman–Crippen MR) is 134 cm³/mol. The second-order valence-corrected chi connectivity index (χ2v) is 8.22. The number of benzene rings is 1. The summed E-state index contributed by atoms with van der Waals surface area (Å²) < 4.78 is 12.2. The van der Waals surface area contributed by atoms with Crippen LogP contribution in [0.25, 0.3) is 22.3 Å². The van der Waals surface area contributed by atoms with Crippen molar-refractivity contribution in [3.05, 3.63) is 59.9 Å². The third-order valence-corrected chi connectivity index (χ3v) is 5.62. The molecule has 1 aromatic carbocycles. The number of nitrogen functional groups attached to an aromatic ring is 1. The fourth-order valence-electron chi connectivity index (χ4n) is 3.83. The molecule has 10 nitrogen and oxygen atoms in total. The fraction of sp³-hybridized carbons (Fsp3) is 0.308. The first kappa shape index (κ1) is 24.6. The number of pyridine rings is 1. The molecule has 0 bridgehead atoms. The van der Waals surface area contributed by atoms with Gasteiger partial charge in [0.25, 0.3) is 0 Å². The molecule has 0 saturated heterocycles. The maximum absolute atomic E-state index is 11.1. The molecule has 184 valence electrons. The van der Waals surface area contributed by atoms with Gasteiger partial charge in [0, 0.05) is 18.1 Å². The summed E-state index contributed by atoms with van der Waals surface area (Å²) in [5, 5.41) is 14.5. The number of hydrogen-bond acceptors (Lipinski definition) is 9. The van der Waals surface area contributed by atoms with Crippen molar-refractivity contribution in [1.82, 2.24) is 24.7 Å². The van der Waals surface area contributed by atoms with Crippen LogP contribution in [0.15, 0.2) is 48.7 Å². The highest BCUT2D eigenvalue weighted by molar-refractivity contribution is 5.91. The fourth-order valence-corrected chi connectivity index (χ4v) is 3.83. The summed E-state index contributed by atoms with van der Waals surface area (Å²) in [5.74, 6) is 0.496. The molecule has 0 amide bonds. The third-order valence-electron chi connectivity index (χ3n) is 5.62. The summed E-state index contributed by atoms with van der Waals surface area (Å²) in [4.78, 5) is 24.5. The minimum absolute atomic E-state index is 0.123. The van der Waals surface area contributed by atoms with Gasteiger partial charge < -0.3 is 15.2 Å². The zero-order chi connectivity index (χ0) is 25.3. The molecule has 2 N–H and O–H groups in total. The lowest BCUT2D eigenvalue weighted by Crippen LogP contribution is -2.07. The number of nitriles is 1. The molecule has 0 fully saturated rings. The molecule has 36 heavy (non-hydrogen) atoms. The van der Waals surface area contributed by atoms with E-state index in [0.29, 0.717) is 42.4 Å². The molecule has 3 aromatic heterocycles. The van der Waals surface area contributed by atoms with E-state index in [4.69, 9.17) is 10.5 Å². The van der Waals surface area contributed by atoms with Gasteiger partial charge >= 0.3 is 5.97 Å². The van der Waals surface area contributed by atoms with Gasteiger partial charge in [-0.1, -0.05) is 31.0 Å². The summed E-state index contributed by atoms with van der Waals surface area (Å²) in [6.07, 6.45) is 5.76. The van der Waals surface area contributed by atoms with Gasteiger partial charge in [0.05, 0.1) is 54.9 Å². The zero-order valence-electron chi connectivity index (χ0n) is 20.1. The average molecular weight is 486 g/mol. The Balaban J connectivity index is 1.42. The van der Waals surface area contributed by atoms with Crippen LogP contribution in [0, 0.1) is 11.3 Å². The van der Waals surface area contributed by atoms with Gasteiger partial charge in [-0.3, -0.25) is 4.79 Å². The average Bonchev–Trinajstić information content (AvgIpc) is 3.29. The van der Waals surface area contributed by atoms with Crippen molar-refractivity contribution in [2.75, 3.05) is 19.5 Å². The molecule has 0 aliphatic heterocycles. The number of ether oxygens (including phenoxy) is 2. The van der Waals surface area contributed by atoms with E-state index >= 15 is 0 Å². The summed E-state index contributed by atoms with van der Waals surface area (Å²) in [6, 6.07) is 14.9. The number of aromatic nitrogens is 5. The Morgan fingerprint density at radius 3 is 2.75 bits per heavy atom. The number of hydrogen-bond donors (Lipinski definition) is 1. The summed E-state index contributed by atoms with van der Waals surface area (Å²) in [5.41, 5.74) is 9.29. The van der Waals surface area contributed by atoms with Crippen LogP contribution in [-0.2, 0) is 16.1 Å². The third kappa shape index (κ3) is 6.13. The van der Waals surface area contributed by atoms with Crippen LogP contribution in [0.3, 0.4) is 0 Å². The molecule has 0 unspecified atom stereocenters. The molecule has 4 aromatic rings. The van der Waals surface area contributed by atoms with Crippen molar-refractivity contribution in [3.8, 4) is 23.2 Å². The predicted octanol–water partition coefficient (Wildman–Crippen LogP) is 3.89. The van der Waals surface area contributed by atoms with E-state index in [1.54, 1.807) is 29.1 Å². The van der Waals surface area contributed by atoms with Crippen molar-refractivity contribution < 1.29 is 14.3 Å². The number of esters is 1. The minimum Gasteiger partial charge on any atom is -0.478 e. The lowest BCUT2D eigenvalue weighted by atomic mass is 10.1. The molecular formula is C26H27N7O3. The number of rotatable bonds is 11. The second kappa shape index (κ2) is 11.8. The largest absolute Gasteiger partial charge is 0.478 e. The van der Waals surface area contributed by atoms with Crippen LogP contribution in [0.4, 0.5) is 5.95 Å². The van der Waals surface area contributed by atoms with E-state index in [2.05, 4.69) is 30.9 Å². The van der Waals surface area contributed by atoms with E-state index in [1.165, 1.54) is 7.11 Å². The standard InChI is InChI=1S/C26H27N7O3/c1-35-23(34)12-4-2-3-5-13-36-22-11-7-10-20(30-22)17-33-25-21(16-29-33)24(31-26(28)32-25)19-9-6-8-18(14-19)15-27/h6-11,14,16H,2-5,12-13,17H2,1H3,(H2,28,31,32). The SMILES string of the molecule is COC(=O)CCCCCCOc1cccc(Cn2ncc3c(-c4cccc(C#N)c4)nc(N)nc32)n1. The van der Waals surface area contributed by atoms with E-state index < -0.39 is 0 Å². The van der Waals surface area contributed by atoms with Gasteiger partial charge in [-0.15, -0.1) is 0 Å². The van der Waals surface area contributed by atoms with Crippen LogP contribution >= 0.6 is 0 Å². The first-order valence-electron chi connectivity index (χ1n) is 11.7.